The van der Waals surface area contributed by atoms with Crippen molar-refractivity contribution in [2.45, 2.75) is 33.4 Å². The Balaban J connectivity index is 2.22. The van der Waals surface area contributed by atoms with Gasteiger partial charge in [0.25, 0.3) is 5.91 Å². The molecule has 22 heavy (non-hydrogen) atoms. The monoisotopic (exact) mass is 298 g/mol. The van der Waals surface area contributed by atoms with Crippen LogP contribution in [0.25, 0.3) is 0 Å². The van der Waals surface area contributed by atoms with Crippen molar-refractivity contribution < 1.29 is 4.79 Å². The van der Waals surface area contributed by atoms with Gasteiger partial charge in [-0.25, -0.2) is 0 Å². The number of carbonyl (C=O) groups is 1. The van der Waals surface area contributed by atoms with Gasteiger partial charge in [0.05, 0.1) is 28.7 Å². The Bertz CT molecular complexity index is 640. The van der Waals surface area contributed by atoms with Crippen LogP contribution >= 0.6 is 0 Å². The second-order valence-corrected chi connectivity index (χ2v) is 5.59. The average molecular weight is 298 g/mol. The van der Waals surface area contributed by atoms with Gasteiger partial charge in [0, 0.05) is 12.7 Å². The van der Waals surface area contributed by atoms with Crippen molar-refractivity contribution in [3.63, 3.8) is 0 Å². The minimum absolute atomic E-state index is 0.137. The van der Waals surface area contributed by atoms with Crippen LogP contribution in [0.3, 0.4) is 0 Å². The van der Waals surface area contributed by atoms with Gasteiger partial charge in [-0.05, 0) is 37.1 Å². The van der Waals surface area contributed by atoms with Gasteiger partial charge < -0.3 is 11.1 Å². The van der Waals surface area contributed by atoms with Crippen LogP contribution in [-0.2, 0) is 6.54 Å². The zero-order valence-corrected chi connectivity index (χ0v) is 13.2. The summed E-state index contributed by atoms with van der Waals surface area (Å²) < 4.78 is 0. The molecule has 0 radical (unpaired) electrons. The summed E-state index contributed by atoms with van der Waals surface area (Å²) in [5.41, 5.74) is 8.46. The molecule has 116 valence electrons. The average Bonchev–Trinajstić information content (AvgIpc) is 2.52. The third-order valence-electron chi connectivity index (χ3n) is 3.56. The number of nitrogens with one attached hydrogen (secondary N) is 1. The topological polar surface area (TPSA) is 80.9 Å². The smallest absolute Gasteiger partial charge is 0.253 e. The molecule has 2 rings (SSSR count). The zero-order valence-electron chi connectivity index (χ0n) is 13.2. The van der Waals surface area contributed by atoms with Crippen molar-refractivity contribution in [1.29, 1.82) is 0 Å². The summed E-state index contributed by atoms with van der Waals surface area (Å²) in [5, 5.41) is 3.05. The van der Waals surface area contributed by atoms with Gasteiger partial charge >= 0.3 is 0 Å². The molecule has 2 aromatic heterocycles. The molecule has 1 unspecified atom stereocenters. The first-order valence-corrected chi connectivity index (χ1v) is 7.41. The van der Waals surface area contributed by atoms with Gasteiger partial charge in [-0.3, -0.25) is 14.8 Å². The number of amides is 1. The molecular weight excluding hydrogens is 276 g/mol. The molecule has 3 N–H and O–H groups in total. The van der Waals surface area contributed by atoms with E-state index in [1.165, 1.54) is 0 Å². The van der Waals surface area contributed by atoms with Crippen LogP contribution in [0.2, 0.25) is 0 Å². The van der Waals surface area contributed by atoms with Gasteiger partial charge in [0.15, 0.2) is 0 Å². The second kappa shape index (κ2) is 7.13. The van der Waals surface area contributed by atoms with Crippen LogP contribution in [-0.4, -0.2) is 15.9 Å². The van der Waals surface area contributed by atoms with Crippen LogP contribution < -0.4 is 11.1 Å². The minimum Gasteiger partial charge on any atom is -0.343 e. The first-order valence-electron chi connectivity index (χ1n) is 7.41. The summed E-state index contributed by atoms with van der Waals surface area (Å²) in [6, 6.07) is 9.13. The summed E-state index contributed by atoms with van der Waals surface area (Å²) in [4.78, 5) is 21.2. The number of pyridine rings is 2. The van der Waals surface area contributed by atoms with Crippen molar-refractivity contribution >= 4 is 5.91 Å². The Labute approximate surface area is 131 Å². The van der Waals surface area contributed by atoms with E-state index in [4.69, 9.17) is 5.73 Å². The normalized spacial score (nSPS) is 12.2. The van der Waals surface area contributed by atoms with Crippen molar-refractivity contribution in [3.8, 4) is 0 Å². The molecule has 0 aromatic carbocycles. The molecule has 0 fully saturated rings. The van der Waals surface area contributed by atoms with E-state index in [9.17, 15) is 4.79 Å². The predicted octanol–water partition coefficient (Wildman–Crippen LogP) is 2.37. The number of hydrogen-bond acceptors (Lipinski definition) is 4. The molecule has 0 aliphatic carbocycles. The van der Waals surface area contributed by atoms with Crippen LogP contribution in [0.1, 0.15) is 47.3 Å². The molecule has 5 heteroatoms. The van der Waals surface area contributed by atoms with Crippen molar-refractivity contribution in [2.24, 2.45) is 11.7 Å². The first kappa shape index (κ1) is 16.1. The van der Waals surface area contributed by atoms with Crippen LogP contribution in [0.5, 0.6) is 0 Å². The van der Waals surface area contributed by atoms with Crippen molar-refractivity contribution in [1.82, 2.24) is 15.3 Å². The number of carbonyl (C=O) groups excluding carboxylic acids is 1. The number of aromatic nitrogens is 2. The maximum absolute atomic E-state index is 12.5. The summed E-state index contributed by atoms with van der Waals surface area (Å²) in [5.74, 6) is 0.0911. The lowest BCUT2D eigenvalue weighted by Crippen LogP contribution is -2.33. The highest BCUT2D eigenvalue weighted by atomic mass is 16.1. The van der Waals surface area contributed by atoms with Gasteiger partial charge in [0.2, 0.25) is 0 Å². The lowest BCUT2D eigenvalue weighted by Gasteiger charge is -2.22. The van der Waals surface area contributed by atoms with E-state index >= 15 is 0 Å². The quantitative estimate of drug-likeness (QED) is 0.888. The van der Waals surface area contributed by atoms with Crippen molar-refractivity contribution in [3.05, 3.63) is 59.2 Å². The maximum atomic E-state index is 12.5. The molecule has 0 aliphatic rings. The minimum atomic E-state index is -0.141. The molecule has 5 nitrogen and oxygen atoms in total. The Morgan fingerprint density at radius 3 is 2.59 bits per heavy atom. The fourth-order valence-corrected chi connectivity index (χ4v) is 2.33. The zero-order chi connectivity index (χ0) is 16.1. The second-order valence-electron chi connectivity index (χ2n) is 5.59. The standard InChI is InChI=1S/C17H22N4O/c1-11(2)16(15-6-4-5-9-19-15)21-17(22)14-8-7-13(10-18)20-12(14)3/h4-9,11,16H,10,18H2,1-3H3,(H,21,22). The Morgan fingerprint density at radius 1 is 1.27 bits per heavy atom. The molecule has 0 saturated carbocycles. The third kappa shape index (κ3) is 3.68. The molecule has 2 aromatic rings. The highest BCUT2D eigenvalue weighted by Gasteiger charge is 2.21. The van der Waals surface area contributed by atoms with Crippen LogP contribution in [0.4, 0.5) is 0 Å². The number of nitrogens with zero attached hydrogens (tertiary/aromatic N) is 2. The predicted molar refractivity (Wildman–Crippen MR) is 86.1 cm³/mol. The molecule has 0 saturated heterocycles. The summed E-state index contributed by atoms with van der Waals surface area (Å²) in [7, 11) is 0. The summed E-state index contributed by atoms with van der Waals surface area (Å²) >= 11 is 0. The summed E-state index contributed by atoms with van der Waals surface area (Å²) in [6.45, 7) is 6.30. The molecule has 1 amide bonds. The summed E-state index contributed by atoms with van der Waals surface area (Å²) in [6.07, 6.45) is 1.74. The fraction of sp³-hybridized carbons (Fsp3) is 0.353. The van der Waals surface area contributed by atoms with Crippen LogP contribution in [0.15, 0.2) is 36.5 Å². The van der Waals surface area contributed by atoms with Gasteiger partial charge in [-0.1, -0.05) is 19.9 Å². The van der Waals surface area contributed by atoms with E-state index in [0.29, 0.717) is 17.8 Å². The van der Waals surface area contributed by atoms with E-state index < -0.39 is 0 Å². The lowest BCUT2D eigenvalue weighted by atomic mass is 9.99. The van der Waals surface area contributed by atoms with E-state index in [-0.39, 0.29) is 17.9 Å². The largest absolute Gasteiger partial charge is 0.343 e. The van der Waals surface area contributed by atoms with Gasteiger partial charge in [-0.15, -0.1) is 0 Å². The fourth-order valence-electron chi connectivity index (χ4n) is 2.33. The van der Waals surface area contributed by atoms with Gasteiger partial charge in [-0.2, -0.15) is 0 Å². The molecule has 0 spiro atoms. The number of rotatable bonds is 5. The highest BCUT2D eigenvalue weighted by molar-refractivity contribution is 5.95. The highest BCUT2D eigenvalue weighted by Crippen LogP contribution is 2.20. The third-order valence-corrected chi connectivity index (χ3v) is 3.56. The van der Waals surface area contributed by atoms with E-state index in [2.05, 4.69) is 29.1 Å². The maximum Gasteiger partial charge on any atom is 0.253 e. The first-order chi connectivity index (χ1) is 10.5. The van der Waals surface area contributed by atoms with E-state index in [1.807, 2.05) is 25.1 Å². The molecule has 2 heterocycles. The number of nitrogens with two attached hydrogens (primary N) is 1. The Morgan fingerprint density at radius 2 is 2.05 bits per heavy atom. The SMILES string of the molecule is Cc1nc(CN)ccc1C(=O)NC(c1ccccn1)C(C)C. The Hall–Kier alpha value is -2.27. The van der Waals surface area contributed by atoms with E-state index in [0.717, 1.165) is 11.4 Å². The number of hydrogen-bond donors (Lipinski definition) is 2. The molecule has 0 bridgehead atoms. The van der Waals surface area contributed by atoms with Crippen LogP contribution in [0, 0.1) is 12.8 Å². The Kier molecular flexibility index (Phi) is 5.22. The molecular formula is C17H22N4O. The number of aryl methyl sites for hydroxylation is 1. The van der Waals surface area contributed by atoms with E-state index in [1.54, 1.807) is 18.3 Å². The molecule has 0 aliphatic heterocycles. The lowest BCUT2D eigenvalue weighted by molar-refractivity contribution is 0.0923. The molecule has 1 atom stereocenters. The van der Waals surface area contributed by atoms with Gasteiger partial charge in [0.1, 0.15) is 0 Å². The van der Waals surface area contributed by atoms with Crippen molar-refractivity contribution in [2.75, 3.05) is 0 Å².